The molecule has 1 aromatic rings. The van der Waals surface area contributed by atoms with Gasteiger partial charge in [-0.3, -0.25) is 0 Å². The molecule has 0 aliphatic heterocycles. The van der Waals surface area contributed by atoms with Gasteiger partial charge < -0.3 is 5.21 Å². The first-order valence-corrected chi connectivity index (χ1v) is 3.42. The maximum atomic E-state index is 8.38. The summed E-state index contributed by atoms with van der Waals surface area (Å²) in [6.07, 6.45) is 1.55. The molecule has 1 rings (SSSR count). The molecule has 0 fully saturated rings. The molecule has 0 radical (unpaired) electrons. The normalized spacial score (nSPS) is 11.6. The minimum Gasteiger partial charge on any atom is -0.411 e. The van der Waals surface area contributed by atoms with E-state index in [9.17, 15) is 0 Å². The molecular weight excluding hydrogens is 164 g/mol. The standard InChI is InChI=1S/C7H7ClN2O/c1-5(10-11)6-2-3-7(8)9-4-6/h2-4,11H,1H3. The molecule has 0 aliphatic carbocycles. The Balaban J connectivity index is 2.99. The summed E-state index contributed by atoms with van der Waals surface area (Å²) in [5.74, 6) is 0. The first-order chi connectivity index (χ1) is 5.24. The molecule has 0 aromatic carbocycles. The van der Waals surface area contributed by atoms with Crippen LogP contribution >= 0.6 is 11.6 Å². The van der Waals surface area contributed by atoms with Crippen molar-refractivity contribution in [3.8, 4) is 0 Å². The van der Waals surface area contributed by atoms with Crippen LogP contribution in [0.2, 0.25) is 5.15 Å². The molecule has 4 heteroatoms. The number of halogens is 1. The molecule has 0 saturated carbocycles. The highest BCUT2D eigenvalue weighted by Gasteiger charge is 1.96. The van der Waals surface area contributed by atoms with Crippen LogP contribution in [0.3, 0.4) is 0 Å². The van der Waals surface area contributed by atoms with Gasteiger partial charge in [0.1, 0.15) is 5.15 Å². The number of rotatable bonds is 1. The van der Waals surface area contributed by atoms with Gasteiger partial charge in [-0.05, 0) is 19.1 Å². The molecule has 0 amide bonds. The number of aromatic nitrogens is 1. The van der Waals surface area contributed by atoms with Gasteiger partial charge in [0.15, 0.2) is 0 Å². The average Bonchev–Trinajstić information content (AvgIpc) is 2.05. The SMILES string of the molecule is CC(=NO)c1ccc(Cl)nc1. The Bertz CT molecular complexity index is 268. The monoisotopic (exact) mass is 170 g/mol. The van der Waals surface area contributed by atoms with E-state index in [0.29, 0.717) is 10.9 Å². The zero-order chi connectivity index (χ0) is 8.27. The van der Waals surface area contributed by atoms with E-state index in [1.165, 1.54) is 0 Å². The lowest BCUT2D eigenvalue weighted by Gasteiger charge is -1.95. The molecule has 58 valence electrons. The minimum atomic E-state index is 0.430. The molecule has 3 nitrogen and oxygen atoms in total. The highest BCUT2D eigenvalue weighted by atomic mass is 35.5. The zero-order valence-corrected chi connectivity index (χ0v) is 6.71. The predicted molar refractivity (Wildman–Crippen MR) is 43.2 cm³/mol. The van der Waals surface area contributed by atoms with Gasteiger partial charge in [-0.15, -0.1) is 0 Å². The van der Waals surface area contributed by atoms with Crippen LogP contribution in [0, 0.1) is 0 Å². The molecule has 1 heterocycles. The van der Waals surface area contributed by atoms with E-state index in [-0.39, 0.29) is 0 Å². The Morgan fingerprint density at radius 2 is 2.36 bits per heavy atom. The Hall–Kier alpha value is -1.09. The van der Waals surface area contributed by atoms with Crippen LogP contribution < -0.4 is 0 Å². The van der Waals surface area contributed by atoms with Crippen LogP contribution in [-0.4, -0.2) is 15.9 Å². The molecule has 0 saturated heterocycles. The van der Waals surface area contributed by atoms with Gasteiger partial charge in [0.2, 0.25) is 0 Å². The molecule has 1 N–H and O–H groups in total. The maximum Gasteiger partial charge on any atom is 0.129 e. The smallest absolute Gasteiger partial charge is 0.129 e. The van der Waals surface area contributed by atoms with E-state index < -0.39 is 0 Å². The minimum absolute atomic E-state index is 0.430. The fourth-order valence-corrected chi connectivity index (χ4v) is 0.759. The molecule has 0 atom stereocenters. The van der Waals surface area contributed by atoms with Gasteiger partial charge >= 0.3 is 0 Å². The molecule has 0 bridgehead atoms. The van der Waals surface area contributed by atoms with E-state index >= 15 is 0 Å². The molecule has 0 spiro atoms. The van der Waals surface area contributed by atoms with Crippen molar-refractivity contribution in [2.75, 3.05) is 0 Å². The fraction of sp³-hybridized carbons (Fsp3) is 0.143. The van der Waals surface area contributed by atoms with E-state index in [1.54, 1.807) is 25.3 Å². The molecule has 0 aliphatic rings. The van der Waals surface area contributed by atoms with E-state index in [0.717, 1.165) is 5.56 Å². The highest BCUT2D eigenvalue weighted by molar-refractivity contribution is 6.29. The predicted octanol–water partition coefficient (Wildman–Crippen LogP) is 1.93. The lowest BCUT2D eigenvalue weighted by Crippen LogP contribution is -1.94. The fourth-order valence-electron chi connectivity index (χ4n) is 0.648. The Labute approximate surface area is 69.3 Å². The van der Waals surface area contributed by atoms with Gasteiger partial charge in [0.05, 0.1) is 5.71 Å². The van der Waals surface area contributed by atoms with Crippen molar-refractivity contribution >= 4 is 17.3 Å². The number of nitrogens with zero attached hydrogens (tertiary/aromatic N) is 2. The number of hydrogen-bond donors (Lipinski definition) is 1. The first kappa shape index (κ1) is 8.01. The second-order valence-electron chi connectivity index (χ2n) is 2.06. The third-order valence-corrected chi connectivity index (χ3v) is 1.52. The second-order valence-corrected chi connectivity index (χ2v) is 2.44. The van der Waals surface area contributed by atoms with E-state index in [1.807, 2.05) is 0 Å². The van der Waals surface area contributed by atoms with Crippen molar-refractivity contribution in [3.63, 3.8) is 0 Å². The third kappa shape index (κ3) is 1.91. The Morgan fingerprint density at radius 1 is 1.64 bits per heavy atom. The van der Waals surface area contributed by atoms with Gasteiger partial charge in [-0.1, -0.05) is 16.8 Å². The van der Waals surface area contributed by atoms with Gasteiger partial charge in [-0.25, -0.2) is 4.98 Å². The molecule has 1 aromatic heterocycles. The highest BCUT2D eigenvalue weighted by Crippen LogP contribution is 2.05. The maximum absolute atomic E-state index is 8.38. The number of oxime groups is 1. The quantitative estimate of drug-likeness (QED) is 0.303. The average molecular weight is 171 g/mol. The van der Waals surface area contributed by atoms with Crippen LogP contribution in [0.5, 0.6) is 0 Å². The summed E-state index contributed by atoms with van der Waals surface area (Å²) in [6, 6.07) is 3.38. The zero-order valence-electron chi connectivity index (χ0n) is 5.95. The van der Waals surface area contributed by atoms with E-state index in [4.69, 9.17) is 16.8 Å². The van der Waals surface area contributed by atoms with Crippen LogP contribution in [0.1, 0.15) is 12.5 Å². The number of hydrogen-bond acceptors (Lipinski definition) is 3. The summed E-state index contributed by atoms with van der Waals surface area (Å²) in [5, 5.41) is 11.8. The van der Waals surface area contributed by atoms with Crippen LogP contribution in [0.4, 0.5) is 0 Å². The number of pyridine rings is 1. The summed E-state index contributed by atoms with van der Waals surface area (Å²) in [5.41, 5.74) is 1.28. The summed E-state index contributed by atoms with van der Waals surface area (Å²) in [6.45, 7) is 1.69. The summed E-state index contributed by atoms with van der Waals surface area (Å²) >= 11 is 5.55. The van der Waals surface area contributed by atoms with Crippen molar-refractivity contribution < 1.29 is 5.21 Å². The van der Waals surface area contributed by atoms with Crippen molar-refractivity contribution in [3.05, 3.63) is 29.0 Å². The Kier molecular flexibility index (Phi) is 2.44. The van der Waals surface area contributed by atoms with Crippen molar-refractivity contribution in [1.82, 2.24) is 4.98 Å². The van der Waals surface area contributed by atoms with E-state index in [2.05, 4.69) is 10.1 Å². The van der Waals surface area contributed by atoms with Crippen LogP contribution in [0.25, 0.3) is 0 Å². The van der Waals surface area contributed by atoms with Gasteiger partial charge in [0, 0.05) is 11.8 Å². The topological polar surface area (TPSA) is 45.5 Å². The van der Waals surface area contributed by atoms with Gasteiger partial charge in [-0.2, -0.15) is 0 Å². The lowest BCUT2D eigenvalue weighted by molar-refractivity contribution is 0.319. The largest absolute Gasteiger partial charge is 0.411 e. The van der Waals surface area contributed by atoms with Gasteiger partial charge in [0.25, 0.3) is 0 Å². The van der Waals surface area contributed by atoms with Crippen molar-refractivity contribution in [2.45, 2.75) is 6.92 Å². The third-order valence-electron chi connectivity index (χ3n) is 1.30. The first-order valence-electron chi connectivity index (χ1n) is 3.04. The second kappa shape index (κ2) is 3.34. The van der Waals surface area contributed by atoms with Crippen molar-refractivity contribution in [2.24, 2.45) is 5.16 Å². The molecular formula is C7H7ClN2O. The Morgan fingerprint density at radius 3 is 2.82 bits per heavy atom. The van der Waals surface area contributed by atoms with Crippen LogP contribution in [-0.2, 0) is 0 Å². The lowest BCUT2D eigenvalue weighted by atomic mass is 10.2. The van der Waals surface area contributed by atoms with Crippen molar-refractivity contribution in [1.29, 1.82) is 0 Å². The molecule has 11 heavy (non-hydrogen) atoms. The molecule has 0 unspecified atom stereocenters. The summed E-state index contributed by atoms with van der Waals surface area (Å²) < 4.78 is 0. The van der Waals surface area contributed by atoms with Crippen LogP contribution in [0.15, 0.2) is 23.5 Å². The summed E-state index contributed by atoms with van der Waals surface area (Å²) in [4.78, 5) is 3.82. The summed E-state index contributed by atoms with van der Waals surface area (Å²) in [7, 11) is 0.